The highest BCUT2D eigenvalue weighted by Gasteiger charge is 2.05. The van der Waals surface area contributed by atoms with Crippen molar-refractivity contribution in [1.82, 2.24) is 4.98 Å². The minimum Gasteiger partial charge on any atom is -0.497 e. The van der Waals surface area contributed by atoms with Gasteiger partial charge in [-0.25, -0.2) is 4.98 Å². The van der Waals surface area contributed by atoms with Crippen LogP contribution >= 0.6 is 0 Å². The van der Waals surface area contributed by atoms with Crippen molar-refractivity contribution in [1.29, 1.82) is 0 Å². The van der Waals surface area contributed by atoms with Crippen LogP contribution < -0.4 is 15.4 Å². The van der Waals surface area contributed by atoms with Crippen LogP contribution in [0.25, 0.3) is 0 Å². The van der Waals surface area contributed by atoms with Crippen LogP contribution in [0.3, 0.4) is 0 Å². The third kappa shape index (κ3) is 5.89. The zero-order valence-corrected chi connectivity index (χ0v) is 14.0. The van der Waals surface area contributed by atoms with Gasteiger partial charge in [-0.2, -0.15) is 0 Å². The van der Waals surface area contributed by atoms with Crippen LogP contribution in [-0.2, 0) is 16.0 Å². The number of carbonyl (C=O) groups is 1. The van der Waals surface area contributed by atoms with Crippen molar-refractivity contribution >= 4 is 17.4 Å². The maximum Gasteiger partial charge on any atom is 0.229 e. The number of aromatic nitrogens is 1. The zero-order chi connectivity index (χ0) is 17.2. The molecule has 2 N–H and O–H groups in total. The van der Waals surface area contributed by atoms with Crippen molar-refractivity contribution in [2.24, 2.45) is 0 Å². The van der Waals surface area contributed by atoms with Gasteiger partial charge in [0.05, 0.1) is 25.4 Å². The Morgan fingerprint density at radius 3 is 2.54 bits per heavy atom. The van der Waals surface area contributed by atoms with Crippen molar-refractivity contribution in [3.63, 3.8) is 0 Å². The lowest BCUT2D eigenvalue weighted by Gasteiger charge is -2.08. The summed E-state index contributed by atoms with van der Waals surface area (Å²) < 4.78 is 10.1. The van der Waals surface area contributed by atoms with Crippen LogP contribution in [0.5, 0.6) is 5.75 Å². The predicted octanol–water partition coefficient (Wildman–Crippen LogP) is 2.72. The fraction of sp³-hybridized carbons (Fsp3) is 0.333. The number of amides is 1. The Kier molecular flexibility index (Phi) is 7.04. The molecule has 0 atom stereocenters. The molecule has 6 nitrogen and oxygen atoms in total. The Morgan fingerprint density at radius 1 is 1.12 bits per heavy atom. The number of nitrogens with one attached hydrogen (secondary N) is 2. The number of nitrogens with zero attached hydrogens (tertiary/aromatic N) is 1. The molecule has 0 aliphatic rings. The SMILES string of the molecule is COCCCNc1ccc(NC(=O)Cc2ccc(OC)cc2)nc1. The summed E-state index contributed by atoms with van der Waals surface area (Å²) in [5, 5.41) is 6.04. The molecule has 0 saturated heterocycles. The molecule has 1 aromatic heterocycles. The minimum atomic E-state index is -0.103. The van der Waals surface area contributed by atoms with Gasteiger partial charge in [-0.1, -0.05) is 12.1 Å². The fourth-order valence-corrected chi connectivity index (χ4v) is 2.14. The summed E-state index contributed by atoms with van der Waals surface area (Å²) in [6.45, 7) is 1.54. The number of methoxy groups -OCH3 is 2. The minimum absolute atomic E-state index is 0.103. The number of ether oxygens (including phenoxy) is 2. The molecule has 128 valence electrons. The van der Waals surface area contributed by atoms with Crippen molar-refractivity contribution in [2.45, 2.75) is 12.8 Å². The van der Waals surface area contributed by atoms with Gasteiger partial charge in [-0.3, -0.25) is 4.79 Å². The van der Waals surface area contributed by atoms with E-state index in [0.29, 0.717) is 12.2 Å². The molecule has 1 aromatic carbocycles. The van der Waals surface area contributed by atoms with Crippen molar-refractivity contribution < 1.29 is 14.3 Å². The van der Waals surface area contributed by atoms with Gasteiger partial charge in [0.2, 0.25) is 5.91 Å². The number of benzene rings is 1. The molecule has 0 aliphatic heterocycles. The molecule has 0 spiro atoms. The van der Waals surface area contributed by atoms with Crippen LogP contribution in [0.2, 0.25) is 0 Å². The van der Waals surface area contributed by atoms with Gasteiger partial charge >= 0.3 is 0 Å². The lowest BCUT2D eigenvalue weighted by molar-refractivity contribution is -0.115. The van der Waals surface area contributed by atoms with Gasteiger partial charge < -0.3 is 20.1 Å². The van der Waals surface area contributed by atoms with Crippen LogP contribution in [0.1, 0.15) is 12.0 Å². The lowest BCUT2D eigenvalue weighted by Crippen LogP contribution is -2.15. The first-order valence-electron chi connectivity index (χ1n) is 7.83. The highest BCUT2D eigenvalue weighted by atomic mass is 16.5. The molecule has 0 radical (unpaired) electrons. The maximum absolute atomic E-state index is 12.1. The molecule has 2 aromatic rings. The van der Waals surface area contributed by atoms with Gasteiger partial charge in [0, 0.05) is 20.3 Å². The Bertz CT molecular complexity index is 627. The molecule has 0 fully saturated rings. The van der Waals surface area contributed by atoms with Crippen LogP contribution in [0, 0.1) is 0 Å². The molecule has 1 heterocycles. The number of rotatable bonds is 9. The fourth-order valence-electron chi connectivity index (χ4n) is 2.14. The van der Waals surface area contributed by atoms with E-state index in [-0.39, 0.29) is 5.91 Å². The molecule has 2 rings (SSSR count). The molecule has 0 saturated carbocycles. The van der Waals surface area contributed by atoms with E-state index in [1.54, 1.807) is 26.5 Å². The van der Waals surface area contributed by atoms with Crippen molar-refractivity contribution in [3.05, 3.63) is 48.2 Å². The average molecular weight is 329 g/mol. The number of hydrogen-bond donors (Lipinski definition) is 2. The van der Waals surface area contributed by atoms with Crippen LogP contribution in [0.4, 0.5) is 11.5 Å². The maximum atomic E-state index is 12.1. The van der Waals surface area contributed by atoms with E-state index in [9.17, 15) is 4.79 Å². The summed E-state index contributed by atoms with van der Waals surface area (Å²) in [4.78, 5) is 16.3. The Morgan fingerprint density at radius 2 is 1.92 bits per heavy atom. The second-order valence-corrected chi connectivity index (χ2v) is 5.28. The summed E-state index contributed by atoms with van der Waals surface area (Å²) >= 11 is 0. The molecular weight excluding hydrogens is 306 g/mol. The Labute approximate surface area is 142 Å². The van der Waals surface area contributed by atoms with Crippen molar-refractivity contribution in [3.8, 4) is 5.75 Å². The normalized spacial score (nSPS) is 10.2. The summed E-state index contributed by atoms with van der Waals surface area (Å²) in [5.41, 5.74) is 1.84. The zero-order valence-electron chi connectivity index (χ0n) is 14.0. The molecule has 0 unspecified atom stereocenters. The van der Waals surface area contributed by atoms with Gasteiger partial charge in [0.25, 0.3) is 0 Å². The summed E-state index contributed by atoms with van der Waals surface area (Å²) in [6, 6.07) is 11.1. The lowest BCUT2D eigenvalue weighted by atomic mass is 10.1. The molecule has 1 amide bonds. The van der Waals surface area contributed by atoms with Crippen LogP contribution in [-0.4, -0.2) is 38.3 Å². The highest BCUT2D eigenvalue weighted by Crippen LogP contribution is 2.13. The average Bonchev–Trinajstić information content (AvgIpc) is 2.61. The largest absolute Gasteiger partial charge is 0.497 e. The van der Waals surface area contributed by atoms with Crippen LogP contribution in [0.15, 0.2) is 42.6 Å². The molecule has 0 aliphatic carbocycles. The predicted molar refractivity (Wildman–Crippen MR) is 94.5 cm³/mol. The standard InChI is InChI=1S/C18H23N3O3/c1-23-11-3-10-19-15-6-9-17(20-13-15)21-18(22)12-14-4-7-16(24-2)8-5-14/h4-9,13,19H,3,10-12H2,1-2H3,(H,20,21,22). The Hall–Kier alpha value is -2.60. The summed E-state index contributed by atoms with van der Waals surface area (Å²) in [6.07, 6.45) is 2.93. The molecular formula is C18H23N3O3. The van der Waals surface area contributed by atoms with Gasteiger partial charge in [-0.05, 0) is 36.2 Å². The van der Waals surface area contributed by atoms with E-state index in [2.05, 4.69) is 15.6 Å². The van der Waals surface area contributed by atoms with E-state index >= 15 is 0 Å². The van der Waals surface area contributed by atoms with Gasteiger partial charge in [0.15, 0.2) is 0 Å². The summed E-state index contributed by atoms with van der Waals surface area (Å²) in [5.74, 6) is 1.21. The monoisotopic (exact) mass is 329 g/mol. The molecule has 6 heteroatoms. The smallest absolute Gasteiger partial charge is 0.229 e. The van der Waals surface area contributed by atoms with E-state index in [1.165, 1.54) is 0 Å². The van der Waals surface area contributed by atoms with E-state index in [0.717, 1.165) is 36.6 Å². The molecule has 24 heavy (non-hydrogen) atoms. The first-order valence-corrected chi connectivity index (χ1v) is 7.83. The topological polar surface area (TPSA) is 72.5 Å². The number of hydrogen-bond acceptors (Lipinski definition) is 5. The summed E-state index contributed by atoms with van der Waals surface area (Å²) in [7, 11) is 3.30. The third-order valence-corrected chi connectivity index (χ3v) is 3.41. The van der Waals surface area contributed by atoms with E-state index in [4.69, 9.17) is 9.47 Å². The van der Waals surface area contributed by atoms with E-state index < -0.39 is 0 Å². The Balaban J connectivity index is 1.80. The van der Waals surface area contributed by atoms with Crippen molar-refractivity contribution in [2.75, 3.05) is 38.0 Å². The second-order valence-electron chi connectivity index (χ2n) is 5.28. The number of carbonyl (C=O) groups excluding carboxylic acids is 1. The highest BCUT2D eigenvalue weighted by molar-refractivity contribution is 5.91. The van der Waals surface area contributed by atoms with E-state index in [1.807, 2.05) is 30.3 Å². The van der Waals surface area contributed by atoms with Gasteiger partial charge in [-0.15, -0.1) is 0 Å². The quantitative estimate of drug-likeness (QED) is 0.692. The third-order valence-electron chi connectivity index (χ3n) is 3.41. The second kappa shape index (κ2) is 9.52. The first-order chi connectivity index (χ1) is 11.7. The first kappa shape index (κ1) is 17.7. The number of anilines is 2. The molecule has 0 bridgehead atoms. The number of pyridine rings is 1. The van der Waals surface area contributed by atoms with Gasteiger partial charge in [0.1, 0.15) is 11.6 Å².